The van der Waals surface area contributed by atoms with Crippen molar-refractivity contribution < 1.29 is 9.53 Å². The summed E-state index contributed by atoms with van der Waals surface area (Å²) < 4.78 is 6.55. The maximum absolute atomic E-state index is 10.3. The normalized spacial score (nSPS) is 10.8. The van der Waals surface area contributed by atoms with E-state index in [1.165, 1.54) is 0 Å². The molecule has 0 aliphatic carbocycles. The lowest BCUT2D eigenvalue weighted by atomic mass is 10.4. The fraction of sp³-hybridized carbons (Fsp3) is 0.333. The molecule has 0 aliphatic rings. The molecule has 0 saturated heterocycles. The number of ether oxygens (including phenoxy) is 1. The number of aromatic nitrogens is 2. The van der Waals surface area contributed by atoms with Crippen molar-refractivity contribution in [3.63, 3.8) is 0 Å². The maximum atomic E-state index is 10.3. The summed E-state index contributed by atoms with van der Waals surface area (Å²) >= 11 is 1.59. The van der Waals surface area contributed by atoms with Crippen LogP contribution in [0.4, 0.5) is 4.79 Å². The van der Waals surface area contributed by atoms with Gasteiger partial charge in [-0.05, 0) is 0 Å². The summed E-state index contributed by atoms with van der Waals surface area (Å²) in [6.07, 6.45) is 3.19. The largest absolute Gasteiger partial charge is 0.448 e. The number of nitrogens with two attached hydrogens (primary N) is 1. The van der Waals surface area contributed by atoms with Crippen molar-refractivity contribution in [2.24, 2.45) is 5.73 Å². The summed E-state index contributed by atoms with van der Waals surface area (Å²) in [7, 11) is 0. The molecule has 1 amide bonds. The van der Waals surface area contributed by atoms with Gasteiger partial charge in [-0.1, -0.05) is 0 Å². The van der Waals surface area contributed by atoms with Crippen LogP contribution in [0, 0.1) is 0 Å². The zero-order valence-electron chi connectivity index (χ0n) is 8.55. The van der Waals surface area contributed by atoms with Crippen LogP contribution in [0.15, 0.2) is 17.8 Å². The number of nitrogens with zero attached hydrogens (tertiary/aromatic N) is 2. The molecule has 0 radical (unpaired) electrons. The van der Waals surface area contributed by atoms with Crippen molar-refractivity contribution in [3.8, 4) is 0 Å². The lowest BCUT2D eigenvalue weighted by Gasteiger charge is -2.02. The number of hydrogen-bond acceptors (Lipinski definition) is 5. The molecular weight excluding hydrogens is 228 g/mol. The highest BCUT2D eigenvalue weighted by Crippen LogP contribution is 2.10. The Hall–Kier alpha value is -1.60. The predicted molar refractivity (Wildman–Crippen MR) is 60.3 cm³/mol. The molecule has 0 bridgehead atoms. The molecule has 2 heterocycles. The molecule has 0 spiro atoms. The van der Waals surface area contributed by atoms with Gasteiger partial charge in [0.1, 0.15) is 6.61 Å². The van der Waals surface area contributed by atoms with Crippen LogP contribution in [0.3, 0.4) is 0 Å². The van der Waals surface area contributed by atoms with Crippen molar-refractivity contribution in [3.05, 3.63) is 23.5 Å². The molecule has 0 atom stereocenters. The standard InChI is InChI=1S/C9H12N4O2S/c10-8(14)15-3-1-11-5-7-6-13-2-4-16-9(13)12-7/h2,4,6,11H,1,3,5H2,(H2,10,14). The minimum Gasteiger partial charge on any atom is -0.448 e. The Morgan fingerprint density at radius 2 is 2.56 bits per heavy atom. The van der Waals surface area contributed by atoms with Crippen LogP contribution in [0.2, 0.25) is 0 Å². The van der Waals surface area contributed by atoms with Crippen molar-refractivity contribution in [1.82, 2.24) is 14.7 Å². The van der Waals surface area contributed by atoms with E-state index in [1.807, 2.05) is 22.2 Å². The Kier molecular flexibility index (Phi) is 3.37. The molecule has 2 rings (SSSR count). The van der Waals surface area contributed by atoms with Gasteiger partial charge in [0.15, 0.2) is 4.96 Å². The van der Waals surface area contributed by atoms with E-state index in [0.29, 0.717) is 13.1 Å². The summed E-state index contributed by atoms with van der Waals surface area (Å²) in [6.45, 7) is 1.49. The fourth-order valence-corrected chi connectivity index (χ4v) is 2.02. The molecule has 2 aromatic rings. The summed E-state index contributed by atoms with van der Waals surface area (Å²) in [4.78, 5) is 15.6. The lowest BCUT2D eigenvalue weighted by molar-refractivity contribution is 0.157. The van der Waals surface area contributed by atoms with Crippen molar-refractivity contribution >= 4 is 22.4 Å². The van der Waals surface area contributed by atoms with Gasteiger partial charge in [-0.2, -0.15) is 0 Å². The number of rotatable bonds is 5. The first-order chi connectivity index (χ1) is 7.75. The molecule has 0 saturated carbocycles. The average molecular weight is 240 g/mol. The number of primary amides is 1. The first kappa shape index (κ1) is 10.9. The lowest BCUT2D eigenvalue weighted by Crippen LogP contribution is -2.23. The van der Waals surface area contributed by atoms with Crippen LogP contribution >= 0.6 is 11.3 Å². The van der Waals surface area contributed by atoms with Gasteiger partial charge in [0, 0.05) is 30.9 Å². The third-order valence-corrected chi connectivity index (χ3v) is 2.74. The first-order valence-corrected chi connectivity index (χ1v) is 5.67. The number of nitrogens with one attached hydrogen (secondary N) is 1. The number of thiazole rings is 1. The number of carbonyl (C=O) groups excluding carboxylic acids is 1. The predicted octanol–water partition coefficient (Wildman–Crippen LogP) is 0.581. The quantitative estimate of drug-likeness (QED) is 0.749. The minimum absolute atomic E-state index is 0.275. The number of carbonyl (C=O) groups is 1. The summed E-state index contributed by atoms with van der Waals surface area (Å²) in [5.74, 6) is 0. The highest BCUT2D eigenvalue weighted by atomic mass is 32.1. The molecule has 0 aliphatic heterocycles. The van der Waals surface area contributed by atoms with Gasteiger partial charge in [0.05, 0.1) is 5.69 Å². The van der Waals surface area contributed by atoms with Crippen molar-refractivity contribution in [2.45, 2.75) is 6.54 Å². The van der Waals surface area contributed by atoms with Gasteiger partial charge < -0.3 is 15.8 Å². The zero-order chi connectivity index (χ0) is 11.4. The Labute approximate surface area is 96.0 Å². The van der Waals surface area contributed by atoms with E-state index in [9.17, 15) is 4.79 Å². The van der Waals surface area contributed by atoms with Gasteiger partial charge >= 0.3 is 6.09 Å². The highest BCUT2D eigenvalue weighted by molar-refractivity contribution is 7.15. The van der Waals surface area contributed by atoms with Gasteiger partial charge in [0.2, 0.25) is 0 Å². The van der Waals surface area contributed by atoms with Gasteiger partial charge in [-0.3, -0.25) is 4.40 Å². The van der Waals surface area contributed by atoms with Crippen LogP contribution in [0.5, 0.6) is 0 Å². The minimum atomic E-state index is -0.746. The summed E-state index contributed by atoms with van der Waals surface area (Å²) in [5, 5.41) is 5.09. The van der Waals surface area contributed by atoms with Crippen LogP contribution in [0.1, 0.15) is 5.69 Å². The van der Waals surface area contributed by atoms with Crippen LogP contribution < -0.4 is 11.1 Å². The van der Waals surface area contributed by atoms with Crippen LogP contribution in [-0.2, 0) is 11.3 Å². The van der Waals surface area contributed by atoms with Crippen molar-refractivity contribution in [2.75, 3.05) is 13.2 Å². The monoisotopic (exact) mass is 240 g/mol. The van der Waals surface area contributed by atoms with E-state index < -0.39 is 6.09 Å². The van der Waals surface area contributed by atoms with Crippen LogP contribution in [-0.4, -0.2) is 28.6 Å². The molecule has 7 heteroatoms. The van der Waals surface area contributed by atoms with Gasteiger partial charge in [0.25, 0.3) is 0 Å². The van der Waals surface area contributed by atoms with E-state index in [2.05, 4.69) is 15.0 Å². The molecule has 16 heavy (non-hydrogen) atoms. The molecule has 0 aromatic carbocycles. The highest BCUT2D eigenvalue weighted by Gasteiger charge is 2.01. The Morgan fingerprint density at radius 1 is 1.69 bits per heavy atom. The average Bonchev–Trinajstić information content (AvgIpc) is 2.76. The van der Waals surface area contributed by atoms with E-state index >= 15 is 0 Å². The molecule has 3 N–H and O–H groups in total. The number of imidazole rings is 1. The number of hydrogen-bond donors (Lipinski definition) is 2. The smallest absolute Gasteiger partial charge is 0.404 e. The second-order valence-corrected chi connectivity index (χ2v) is 4.04. The first-order valence-electron chi connectivity index (χ1n) is 4.80. The Balaban J connectivity index is 1.74. The van der Waals surface area contributed by atoms with Crippen molar-refractivity contribution in [1.29, 1.82) is 0 Å². The molecule has 86 valence electrons. The Morgan fingerprint density at radius 3 is 3.31 bits per heavy atom. The number of fused-ring (bicyclic) bond motifs is 1. The Bertz CT molecular complexity index is 450. The van der Waals surface area contributed by atoms with E-state index in [4.69, 9.17) is 5.73 Å². The van der Waals surface area contributed by atoms with E-state index in [-0.39, 0.29) is 6.61 Å². The molecule has 0 unspecified atom stereocenters. The molecule has 2 aromatic heterocycles. The fourth-order valence-electron chi connectivity index (χ4n) is 1.30. The summed E-state index contributed by atoms with van der Waals surface area (Å²) in [6, 6.07) is 0. The maximum Gasteiger partial charge on any atom is 0.404 e. The molecular formula is C9H12N4O2S. The van der Waals surface area contributed by atoms with E-state index in [0.717, 1.165) is 10.7 Å². The second kappa shape index (κ2) is 4.95. The third kappa shape index (κ3) is 2.71. The van der Waals surface area contributed by atoms with Crippen LogP contribution in [0.25, 0.3) is 4.96 Å². The second-order valence-electron chi connectivity index (χ2n) is 3.17. The van der Waals surface area contributed by atoms with E-state index in [1.54, 1.807) is 11.3 Å². The topological polar surface area (TPSA) is 81.7 Å². The molecule has 6 nitrogen and oxygen atoms in total. The van der Waals surface area contributed by atoms with Gasteiger partial charge in [-0.15, -0.1) is 11.3 Å². The third-order valence-electron chi connectivity index (χ3n) is 1.97. The zero-order valence-corrected chi connectivity index (χ0v) is 9.37. The molecule has 0 fully saturated rings. The number of amides is 1. The SMILES string of the molecule is NC(=O)OCCNCc1cn2ccsc2n1. The summed E-state index contributed by atoms with van der Waals surface area (Å²) in [5.41, 5.74) is 5.78. The van der Waals surface area contributed by atoms with Gasteiger partial charge in [-0.25, -0.2) is 9.78 Å².